The lowest BCUT2D eigenvalue weighted by atomic mass is 10.0. The van der Waals surface area contributed by atoms with E-state index in [1.165, 1.54) is 23.1 Å². The molecule has 0 aromatic heterocycles. The quantitative estimate of drug-likeness (QED) is 0.845. The first-order valence-electron chi connectivity index (χ1n) is 8.70. The second-order valence-electron chi connectivity index (χ2n) is 6.43. The molecule has 0 aliphatic heterocycles. The molecule has 2 aliphatic rings. The van der Waals surface area contributed by atoms with Gasteiger partial charge in [-0.05, 0) is 29.5 Å². The van der Waals surface area contributed by atoms with Crippen molar-refractivity contribution in [3.05, 3.63) is 70.8 Å². The van der Waals surface area contributed by atoms with E-state index in [4.69, 9.17) is 0 Å². The topological polar surface area (TPSA) is 29.1 Å². The summed E-state index contributed by atoms with van der Waals surface area (Å²) in [5, 5.41) is 3.70. The van der Waals surface area contributed by atoms with Gasteiger partial charge in [0.25, 0.3) is 0 Å². The Morgan fingerprint density at radius 2 is 1.61 bits per heavy atom. The van der Waals surface area contributed by atoms with Crippen molar-refractivity contribution in [1.82, 2.24) is 5.32 Å². The summed E-state index contributed by atoms with van der Waals surface area (Å²) in [7, 11) is 0. The average Bonchev–Trinajstić information content (AvgIpc) is 3.12. The Bertz CT molecular complexity index is 692. The SMILES string of the molecule is CCC.O=C1CC(NC2CCc3ccccc32)c2ccccc21. The molecular formula is C21H25NO. The first-order valence-corrected chi connectivity index (χ1v) is 8.70. The minimum Gasteiger partial charge on any atom is -0.303 e. The molecule has 0 spiro atoms. The van der Waals surface area contributed by atoms with E-state index in [2.05, 4.69) is 49.5 Å². The monoisotopic (exact) mass is 307 g/mol. The van der Waals surface area contributed by atoms with E-state index in [1.807, 2.05) is 18.2 Å². The number of benzene rings is 2. The molecule has 2 aromatic rings. The standard InChI is InChI=1S/C18H17NO.C3H8/c20-18-11-17(14-7-3-4-8-15(14)18)19-16-10-9-12-5-1-2-6-13(12)16;1-3-2/h1-8,16-17,19H,9-11H2;3H2,1-2H3. The molecule has 2 aromatic carbocycles. The Morgan fingerprint density at radius 3 is 2.39 bits per heavy atom. The lowest BCUT2D eigenvalue weighted by Gasteiger charge is -2.20. The van der Waals surface area contributed by atoms with E-state index in [-0.39, 0.29) is 11.8 Å². The molecule has 2 atom stereocenters. The van der Waals surface area contributed by atoms with Gasteiger partial charge in [0, 0.05) is 24.1 Å². The molecule has 0 saturated heterocycles. The maximum atomic E-state index is 12.1. The van der Waals surface area contributed by atoms with Crippen molar-refractivity contribution >= 4 is 5.78 Å². The van der Waals surface area contributed by atoms with Crippen LogP contribution in [0.5, 0.6) is 0 Å². The number of ketones is 1. The molecular weight excluding hydrogens is 282 g/mol. The zero-order valence-electron chi connectivity index (χ0n) is 14.0. The van der Waals surface area contributed by atoms with Gasteiger partial charge in [-0.25, -0.2) is 0 Å². The van der Waals surface area contributed by atoms with Crippen LogP contribution in [0.15, 0.2) is 48.5 Å². The van der Waals surface area contributed by atoms with E-state index in [1.54, 1.807) is 0 Å². The molecule has 0 fully saturated rings. The maximum Gasteiger partial charge on any atom is 0.165 e. The molecule has 0 amide bonds. The molecule has 23 heavy (non-hydrogen) atoms. The van der Waals surface area contributed by atoms with Gasteiger partial charge < -0.3 is 5.32 Å². The van der Waals surface area contributed by atoms with Crippen LogP contribution < -0.4 is 5.32 Å². The van der Waals surface area contributed by atoms with Gasteiger partial charge in [0.15, 0.2) is 5.78 Å². The van der Waals surface area contributed by atoms with Crippen LogP contribution in [0.4, 0.5) is 0 Å². The van der Waals surface area contributed by atoms with Crippen LogP contribution >= 0.6 is 0 Å². The van der Waals surface area contributed by atoms with Crippen molar-refractivity contribution in [2.75, 3.05) is 0 Å². The number of carbonyl (C=O) groups is 1. The smallest absolute Gasteiger partial charge is 0.165 e. The number of nitrogens with one attached hydrogen (secondary N) is 1. The second kappa shape index (κ2) is 7.10. The highest BCUT2D eigenvalue weighted by Crippen LogP contribution is 2.37. The highest BCUT2D eigenvalue weighted by Gasteiger charge is 2.32. The number of carbonyl (C=O) groups excluding carboxylic acids is 1. The minimum atomic E-state index is 0.176. The van der Waals surface area contributed by atoms with E-state index in [0.29, 0.717) is 12.5 Å². The largest absolute Gasteiger partial charge is 0.303 e. The zero-order chi connectivity index (χ0) is 16.2. The van der Waals surface area contributed by atoms with Gasteiger partial charge in [0.1, 0.15) is 0 Å². The third-order valence-corrected chi connectivity index (χ3v) is 4.56. The molecule has 0 radical (unpaired) electrons. The summed E-state index contributed by atoms with van der Waals surface area (Å²) >= 11 is 0. The van der Waals surface area contributed by atoms with Crippen molar-refractivity contribution in [2.24, 2.45) is 0 Å². The fourth-order valence-corrected chi connectivity index (χ4v) is 3.58. The van der Waals surface area contributed by atoms with Gasteiger partial charge in [-0.3, -0.25) is 4.79 Å². The highest BCUT2D eigenvalue weighted by atomic mass is 16.1. The lowest BCUT2D eigenvalue weighted by molar-refractivity contribution is 0.0984. The van der Waals surface area contributed by atoms with Gasteiger partial charge in [0.05, 0.1) is 0 Å². The third-order valence-electron chi connectivity index (χ3n) is 4.56. The summed E-state index contributed by atoms with van der Waals surface area (Å²) in [6.07, 6.45) is 4.11. The molecule has 0 heterocycles. The van der Waals surface area contributed by atoms with E-state index in [9.17, 15) is 4.79 Å². The molecule has 2 unspecified atom stereocenters. The molecule has 2 aliphatic carbocycles. The van der Waals surface area contributed by atoms with E-state index in [0.717, 1.165) is 18.4 Å². The van der Waals surface area contributed by atoms with Gasteiger partial charge in [-0.1, -0.05) is 68.8 Å². The van der Waals surface area contributed by atoms with Crippen LogP contribution in [0.2, 0.25) is 0 Å². The van der Waals surface area contributed by atoms with Gasteiger partial charge in [-0.15, -0.1) is 0 Å². The summed E-state index contributed by atoms with van der Waals surface area (Å²) < 4.78 is 0. The maximum absolute atomic E-state index is 12.1. The van der Waals surface area contributed by atoms with Crippen molar-refractivity contribution in [3.63, 3.8) is 0 Å². The predicted molar refractivity (Wildman–Crippen MR) is 94.7 cm³/mol. The summed E-state index contributed by atoms with van der Waals surface area (Å²) in [4.78, 5) is 12.1. The first-order chi connectivity index (χ1) is 11.2. The molecule has 0 bridgehead atoms. The van der Waals surface area contributed by atoms with Crippen LogP contribution in [0.25, 0.3) is 0 Å². The Labute approximate surface area is 138 Å². The van der Waals surface area contributed by atoms with Crippen LogP contribution in [0, 0.1) is 0 Å². The second-order valence-corrected chi connectivity index (χ2v) is 6.43. The molecule has 2 heteroatoms. The fraction of sp³-hybridized carbons (Fsp3) is 0.381. The summed E-state index contributed by atoms with van der Waals surface area (Å²) in [5.41, 5.74) is 4.92. The molecule has 4 rings (SSSR count). The summed E-state index contributed by atoms with van der Waals surface area (Å²) in [6, 6.07) is 17.2. The van der Waals surface area contributed by atoms with Gasteiger partial charge >= 0.3 is 0 Å². The van der Waals surface area contributed by atoms with Crippen LogP contribution in [0.1, 0.15) is 72.2 Å². The predicted octanol–water partition coefficient (Wildman–Crippen LogP) is 5.01. The fourth-order valence-electron chi connectivity index (χ4n) is 3.58. The first kappa shape index (κ1) is 15.9. The number of aryl methyl sites for hydroxylation is 1. The molecule has 0 saturated carbocycles. The Morgan fingerprint density at radius 1 is 0.957 bits per heavy atom. The van der Waals surface area contributed by atoms with E-state index >= 15 is 0 Å². The van der Waals surface area contributed by atoms with E-state index < -0.39 is 0 Å². The third kappa shape index (κ3) is 3.23. The number of hydrogen-bond acceptors (Lipinski definition) is 2. The van der Waals surface area contributed by atoms with Crippen molar-refractivity contribution < 1.29 is 4.79 Å². The van der Waals surface area contributed by atoms with Gasteiger partial charge in [-0.2, -0.15) is 0 Å². The Balaban J connectivity index is 0.000000485. The minimum absolute atomic E-state index is 0.176. The zero-order valence-corrected chi connectivity index (χ0v) is 14.0. The van der Waals surface area contributed by atoms with Crippen molar-refractivity contribution in [2.45, 2.75) is 51.6 Å². The number of fused-ring (bicyclic) bond motifs is 2. The molecule has 120 valence electrons. The number of hydrogen-bond donors (Lipinski definition) is 1. The summed E-state index contributed by atoms with van der Waals surface area (Å²) in [5.74, 6) is 0.268. The Hall–Kier alpha value is -1.93. The van der Waals surface area contributed by atoms with Gasteiger partial charge in [0.2, 0.25) is 0 Å². The number of Topliss-reactive ketones (excluding diaryl/α,β-unsaturated/α-hetero) is 1. The van der Waals surface area contributed by atoms with Crippen molar-refractivity contribution in [3.8, 4) is 0 Å². The highest BCUT2D eigenvalue weighted by molar-refractivity contribution is 6.01. The van der Waals surface area contributed by atoms with Crippen LogP contribution in [-0.4, -0.2) is 5.78 Å². The Kier molecular flexibility index (Phi) is 4.92. The van der Waals surface area contributed by atoms with Crippen molar-refractivity contribution in [1.29, 1.82) is 0 Å². The van der Waals surface area contributed by atoms with Crippen LogP contribution in [0.3, 0.4) is 0 Å². The molecule has 2 nitrogen and oxygen atoms in total. The number of rotatable bonds is 2. The normalized spacial score (nSPS) is 21.4. The average molecular weight is 307 g/mol. The lowest BCUT2D eigenvalue weighted by Crippen LogP contribution is -2.23. The van der Waals surface area contributed by atoms with Crippen LogP contribution in [-0.2, 0) is 6.42 Å². The molecule has 1 N–H and O–H groups in total. The summed E-state index contributed by atoms with van der Waals surface area (Å²) in [6.45, 7) is 4.25.